The van der Waals surface area contributed by atoms with E-state index in [1.807, 2.05) is 41.1 Å². The molecule has 0 aliphatic heterocycles. The molecule has 4 nitrogen and oxygen atoms in total. The van der Waals surface area contributed by atoms with Crippen molar-refractivity contribution in [1.29, 1.82) is 0 Å². The zero-order chi connectivity index (χ0) is 20.5. The van der Waals surface area contributed by atoms with Crippen LogP contribution in [0.2, 0.25) is 5.02 Å². The van der Waals surface area contributed by atoms with E-state index < -0.39 is 0 Å². The molecular weight excluding hydrogens is 468 g/mol. The summed E-state index contributed by atoms with van der Waals surface area (Å²) in [5.41, 5.74) is 4.80. The number of hydrogen-bond acceptors (Lipinski definition) is 4. The van der Waals surface area contributed by atoms with Crippen LogP contribution in [0.15, 0.2) is 53.0 Å². The molecule has 29 heavy (non-hydrogen) atoms. The molecule has 0 saturated carbocycles. The van der Waals surface area contributed by atoms with Gasteiger partial charge in [-0.15, -0.1) is 10.2 Å². The Balaban J connectivity index is 1.93. The van der Waals surface area contributed by atoms with Crippen molar-refractivity contribution >= 4 is 38.9 Å². The molecule has 2 heterocycles. The summed E-state index contributed by atoms with van der Waals surface area (Å²) < 4.78 is 2.95. The zero-order valence-corrected chi connectivity index (χ0v) is 19.5. The van der Waals surface area contributed by atoms with E-state index in [1.165, 1.54) is 0 Å². The van der Waals surface area contributed by atoms with E-state index in [9.17, 15) is 0 Å². The van der Waals surface area contributed by atoms with E-state index in [2.05, 4.69) is 59.0 Å². The molecular formula is C22H20BrClN4S. The van der Waals surface area contributed by atoms with Crippen molar-refractivity contribution in [3.8, 4) is 27.6 Å². The van der Waals surface area contributed by atoms with Gasteiger partial charge in [0.25, 0.3) is 0 Å². The normalized spacial score (nSPS) is 12.3. The summed E-state index contributed by atoms with van der Waals surface area (Å²) in [5, 5.41) is 16.3. The van der Waals surface area contributed by atoms with Gasteiger partial charge < -0.3 is 0 Å². The van der Waals surface area contributed by atoms with Crippen molar-refractivity contribution in [2.75, 3.05) is 0 Å². The summed E-state index contributed by atoms with van der Waals surface area (Å²) in [6.45, 7) is 6.42. The second-order valence-corrected chi connectivity index (χ2v) is 9.28. The highest BCUT2D eigenvalue weighted by Gasteiger charge is 2.23. The van der Waals surface area contributed by atoms with Crippen LogP contribution in [0.4, 0.5) is 0 Å². The molecule has 0 aliphatic rings. The largest absolute Gasteiger partial charge is 0.231 e. The van der Waals surface area contributed by atoms with Gasteiger partial charge in [0, 0.05) is 21.5 Å². The topological polar surface area (TPSA) is 43.6 Å². The highest BCUT2D eigenvalue weighted by atomic mass is 79.9. The SMILES string of the molecule is CCC(C)c1nnc(-c2nn(-c3ccccc3Cl)c(-c3ccc(Br)cc3)c2C)s1. The summed E-state index contributed by atoms with van der Waals surface area (Å²) in [6.07, 6.45) is 1.03. The molecule has 0 saturated heterocycles. The third kappa shape index (κ3) is 3.89. The van der Waals surface area contributed by atoms with Crippen LogP contribution in [0.25, 0.3) is 27.6 Å². The standard InChI is InChI=1S/C22H20BrClN4S/c1-4-13(2)21-25-26-22(29-21)19-14(3)20(15-9-11-16(23)12-10-15)28(27-19)18-8-6-5-7-17(18)24/h5-13H,4H2,1-3H3. The molecule has 7 heteroatoms. The average molecular weight is 488 g/mol. The van der Waals surface area contributed by atoms with Crippen LogP contribution in [0, 0.1) is 6.92 Å². The maximum Gasteiger partial charge on any atom is 0.168 e. The van der Waals surface area contributed by atoms with Gasteiger partial charge in [-0.25, -0.2) is 4.68 Å². The summed E-state index contributed by atoms with van der Waals surface area (Å²) in [6, 6.07) is 16.0. The van der Waals surface area contributed by atoms with E-state index in [1.54, 1.807) is 11.3 Å². The number of hydrogen-bond donors (Lipinski definition) is 0. The Labute approximate surface area is 187 Å². The molecule has 1 unspecified atom stereocenters. The summed E-state index contributed by atoms with van der Waals surface area (Å²) in [4.78, 5) is 0. The lowest BCUT2D eigenvalue weighted by molar-refractivity contribution is 0.715. The first-order valence-corrected chi connectivity index (χ1v) is 11.4. The van der Waals surface area contributed by atoms with Gasteiger partial charge in [-0.1, -0.05) is 77.0 Å². The van der Waals surface area contributed by atoms with Gasteiger partial charge in [-0.3, -0.25) is 0 Å². The fourth-order valence-corrected chi connectivity index (χ4v) is 4.65. The molecule has 2 aromatic carbocycles. The number of aromatic nitrogens is 4. The lowest BCUT2D eigenvalue weighted by Crippen LogP contribution is -2.00. The maximum atomic E-state index is 6.52. The maximum absolute atomic E-state index is 6.52. The first-order chi connectivity index (χ1) is 14.0. The molecule has 2 aromatic heterocycles. The highest BCUT2D eigenvalue weighted by Crippen LogP contribution is 2.37. The number of para-hydroxylation sites is 1. The van der Waals surface area contributed by atoms with E-state index in [-0.39, 0.29) is 0 Å². The Morgan fingerprint density at radius 1 is 1.10 bits per heavy atom. The van der Waals surface area contributed by atoms with Gasteiger partial charge in [0.15, 0.2) is 5.01 Å². The molecule has 148 valence electrons. The van der Waals surface area contributed by atoms with Crippen LogP contribution in [-0.2, 0) is 0 Å². The summed E-state index contributed by atoms with van der Waals surface area (Å²) >= 11 is 11.7. The monoisotopic (exact) mass is 486 g/mol. The van der Waals surface area contributed by atoms with Gasteiger partial charge in [0.05, 0.1) is 16.4 Å². The molecule has 0 radical (unpaired) electrons. The fraction of sp³-hybridized carbons (Fsp3) is 0.227. The Kier molecular flexibility index (Phi) is 5.86. The first-order valence-electron chi connectivity index (χ1n) is 9.43. The van der Waals surface area contributed by atoms with Gasteiger partial charge >= 0.3 is 0 Å². The van der Waals surface area contributed by atoms with Crippen molar-refractivity contribution in [3.05, 3.63) is 68.6 Å². The van der Waals surface area contributed by atoms with Gasteiger partial charge in [0.1, 0.15) is 10.7 Å². The zero-order valence-electron chi connectivity index (χ0n) is 16.4. The predicted molar refractivity (Wildman–Crippen MR) is 124 cm³/mol. The second-order valence-electron chi connectivity index (χ2n) is 6.95. The lowest BCUT2D eigenvalue weighted by Gasteiger charge is -2.10. The van der Waals surface area contributed by atoms with Crippen LogP contribution in [-0.4, -0.2) is 20.0 Å². The van der Waals surface area contributed by atoms with Crippen LogP contribution >= 0.6 is 38.9 Å². The van der Waals surface area contributed by atoms with Crippen LogP contribution in [0.1, 0.15) is 36.8 Å². The number of benzene rings is 2. The molecule has 1 atom stereocenters. The quantitative estimate of drug-likeness (QED) is 0.297. The molecule has 0 aliphatic carbocycles. The molecule has 0 amide bonds. The molecule has 0 spiro atoms. The third-order valence-corrected chi connectivity index (χ3v) is 7.01. The third-order valence-electron chi connectivity index (χ3n) is 5.00. The van der Waals surface area contributed by atoms with E-state index in [0.29, 0.717) is 10.9 Å². The van der Waals surface area contributed by atoms with Crippen LogP contribution in [0.5, 0.6) is 0 Å². The van der Waals surface area contributed by atoms with Crippen LogP contribution < -0.4 is 0 Å². The van der Waals surface area contributed by atoms with Crippen molar-refractivity contribution in [3.63, 3.8) is 0 Å². The minimum absolute atomic E-state index is 0.387. The Morgan fingerprint density at radius 2 is 1.83 bits per heavy atom. The summed E-state index contributed by atoms with van der Waals surface area (Å²) in [5.74, 6) is 0.387. The van der Waals surface area contributed by atoms with Crippen LogP contribution in [0.3, 0.4) is 0 Å². The molecule has 0 bridgehead atoms. The lowest BCUT2D eigenvalue weighted by atomic mass is 10.1. The van der Waals surface area contributed by atoms with Gasteiger partial charge in [0.2, 0.25) is 0 Å². The van der Waals surface area contributed by atoms with Crippen molar-refractivity contribution in [2.24, 2.45) is 0 Å². The number of rotatable bonds is 5. The Hall–Kier alpha value is -2.02. The second kappa shape index (κ2) is 8.38. The highest BCUT2D eigenvalue weighted by molar-refractivity contribution is 9.10. The van der Waals surface area contributed by atoms with E-state index >= 15 is 0 Å². The smallest absolute Gasteiger partial charge is 0.168 e. The number of nitrogens with zero attached hydrogens (tertiary/aromatic N) is 4. The molecule has 4 rings (SSSR count). The van der Waals surface area contributed by atoms with Crippen molar-refractivity contribution in [2.45, 2.75) is 33.1 Å². The summed E-state index contributed by atoms with van der Waals surface area (Å²) in [7, 11) is 0. The average Bonchev–Trinajstić information content (AvgIpc) is 3.33. The molecule has 0 fully saturated rings. The fourth-order valence-electron chi connectivity index (χ4n) is 3.15. The predicted octanol–water partition coefficient (Wildman–Crippen LogP) is 7.30. The number of halogens is 2. The molecule has 0 N–H and O–H groups in total. The van der Waals surface area contributed by atoms with E-state index in [0.717, 1.165) is 49.1 Å². The Morgan fingerprint density at radius 3 is 2.52 bits per heavy atom. The van der Waals surface area contributed by atoms with Gasteiger partial charge in [-0.2, -0.15) is 5.10 Å². The Bertz CT molecular complexity index is 1150. The van der Waals surface area contributed by atoms with Gasteiger partial charge in [-0.05, 0) is 37.6 Å². The van der Waals surface area contributed by atoms with Crippen molar-refractivity contribution < 1.29 is 0 Å². The first kappa shape index (κ1) is 20.3. The minimum Gasteiger partial charge on any atom is -0.231 e. The minimum atomic E-state index is 0.387. The van der Waals surface area contributed by atoms with E-state index in [4.69, 9.17) is 16.7 Å². The van der Waals surface area contributed by atoms with Crippen molar-refractivity contribution in [1.82, 2.24) is 20.0 Å². The molecule has 4 aromatic rings.